The molecule has 0 saturated heterocycles. The summed E-state index contributed by atoms with van der Waals surface area (Å²) in [5.74, 6) is 1.95. The number of hydrogen-bond acceptors (Lipinski definition) is 4. The van der Waals surface area contributed by atoms with Crippen LogP contribution in [0.3, 0.4) is 0 Å². The van der Waals surface area contributed by atoms with Crippen LogP contribution in [0.1, 0.15) is 30.6 Å². The second-order valence-electron chi connectivity index (χ2n) is 4.05. The van der Waals surface area contributed by atoms with Gasteiger partial charge in [0.05, 0.1) is 0 Å². The van der Waals surface area contributed by atoms with Gasteiger partial charge in [-0.25, -0.2) is 0 Å². The van der Waals surface area contributed by atoms with Crippen LogP contribution in [-0.2, 0) is 13.0 Å². The molecule has 0 radical (unpaired) electrons. The summed E-state index contributed by atoms with van der Waals surface area (Å²) in [6, 6.07) is 5.53. The summed E-state index contributed by atoms with van der Waals surface area (Å²) in [5, 5.41) is 4.51. The Morgan fingerprint density at radius 1 is 1.39 bits per heavy atom. The molecule has 0 unspecified atom stereocenters. The number of ether oxygens (including phenoxy) is 1. The first kappa shape index (κ1) is 12.9. The molecule has 18 heavy (non-hydrogen) atoms. The third-order valence-corrected chi connectivity index (χ3v) is 2.72. The Hall–Kier alpha value is -1.55. The molecule has 1 heterocycles. The quantitative estimate of drug-likeness (QED) is 0.830. The second-order valence-corrected chi connectivity index (χ2v) is 4.49. The summed E-state index contributed by atoms with van der Waals surface area (Å²) in [6.07, 6.45) is 1.78. The average molecular weight is 267 g/mol. The van der Waals surface area contributed by atoms with Crippen LogP contribution in [0.2, 0.25) is 5.02 Å². The Kier molecular flexibility index (Phi) is 4.20. The van der Waals surface area contributed by atoms with Crippen molar-refractivity contribution < 1.29 is 9.26 Å². The highest BCUT2D eigenvalue weighted by Gasteiger charge is 2.07. The highest BCUT2D eigenvalue weighted by atomic mass is 35.5. The van der Waals surface area contributed by atoms with Gasteiger partial charge in [0.15, 0.2) is 6.61 Å². The highest BCUT2D eigenvalue weighted by Crippen LogP contribution is 2.23. The largest absolute Gasteiger partial charge is 0.485 e. The molecule has 0 amide bonds. The maximum Gasteiger partial charge on any atom is 0.226 e. The zero-order valence-corrected chi connectivity index (χ0v) is 11.2. The summed E-state index contributed by atoms with van der Waals surface area (Å²) in [5.41, 5.74) is 1.02. The summed E-state index contributed by atoms with van der Waals surface area (Å²) in [6.45, 7) is 4.31. The van der Waals surface area contributed by atoms with E-state index in [1.54, 1.807) is 6.07 Å². The standard InChI is InChI=1S/C13H15ClN2O2/c1-3-4-13-15-12(16-18-13)8-17-11-7-10(14)6-5-9(11)2/h5-7H,3-4,8H2,1-2H3. The topological polar surface area (TPSA) is 48.2 Å². The van der Waals surface area contributed by atoms with Gasteiger partial charge in [-0.05, 0) is 31.0 Å². The number of benzene rings is 1. The predicted octanol–water partition coefficient (Wildman–Crippen LogP) is 3.56. The lowest BCUT2D eigenvalue weighted by atomic mass is 10.2. The van der Waals surface area contributed by atoms with Crippen LogP contribution in [0.15, 0.2) is 22.7 Å². The predicted molar refractivity (Wildman–Crippen MR) is 68.8 cm³/mol. The van der Waals surface area contributed by atoms with Gasteiger partial charge in [0.25, 0.3) is 0 Å². The molecule has 0 aliphatic heterocycles. The molecule has 1 aromatic carbocycles. The molecule has 0 aliphatic rings. The summed E-state index contributed by atoms with van der Waals surface area (Å²) in [4.78, 5) is 4.23. The molecule has 0 fully saturated rings. The van der Waals surface area contributed by atoms with Gasteiger partial charge in [-0.3, -0.25) is 0 Å². The van der Waals surface area contributed by atoms with E-state index in [2.05, 4.69) is 17.1 Å². The molecule has 2 aromatic rings. The van der Waals surface area contributed by atoms with E-state index in [-0.39, 0.29) is 6.61 Å². The van der Waals surface area contributed by atoms with E-state index in [0.717, 1.165) is 24.2 Å². The fraction of sp³-hybridized carbons (Fsp3) is 0.385. The number of nitrogens with zero attached hydrogens (tertiary/aromatic N) is 2. The fourth-order valence-electron chi connectivity index (χ4n) is 1.54. The number of aryl methyl sites for hydroxylation is 2. The number of rotatable bonds is 5. The van der Waals surface area contributed by atoms with Crippen LogP contribution in [-0.4, -0.2) is 10.1 Å². The molecule has 96 valence electrons. The van der Waals surface area contributed by atoms with Crippen molar-refractivity contribution >= 4 is 11.6 Å². The van der Waals surface area contributed by atoms with Gasteiger partial charge in [0, 0.05) is 11.4 Å². The molecule has 0 bridgehead atoms. The summed E-state index contributed by atoms with van der Waals surface area (Å²) in [7, 11) is 0. The van der Waals surface area contributed by atoms with Crippen molar-refractivity contribution in [1.29, 1.82) is 0 Å². The molecule has 1 aromatic heterocycles. The molecule has 2 rings (SSSR count). The first-order valence-corrected chi connectivity index (χ1v) is 6.27. The van der Waals surface area contributed by atoms with E-state index in [1.165, 1.54) is 0 Å². The smallest absolute Gasteiger partial charge is 0.226 e. The normalized spacial score (nSPS) is 10.6. The summed E-state index contributed by atoms with van der Waals surface area (Å²) < 4.78 is 10.7. The zero-order valence-electron chi connectivity index (χ0n) is 10.4. The van der Waals surface area contributed by atoms with Gasteiger partial charge in [0.1, 0.15) is 5.75 Å². The molecule has 4 nitrogen and oxygen atoms in total. The number of hydrogen-bond donors (Lipinski definition) is 0. The second kappa shape index (κ2) is 5.87. The van der Waals surface area contributed by atoms with E-state index in [4.69, 9.17) is 20.9 Å². The van der Waals surface area contributed by atoms with E-state index < -0.39 is 0 Å². The Bertz CT molecular complexity index is 525. The highest BCUT2D eigenvalue weighted by molar-refractivity contribution is 6.30. The first-order valence-electron chi connectivity index (χ1n) is 5.89. The van der Waals surface area contributed by atoms with Crippen molar-refractivity contribution in [2.45, 2.75) is 33.3 Å². The Labute approximate surface area is 111 Å². The van der Waals surface area contributed by atoms with Gasteiger partial charge >= 0.3 is 0 Å². The third-order valence-electron chi connectivity index (χ3n) is 2.48. The van der Waals surface area contributed by atoms with E-state index in [0.29, 0.717) is 16.7 Å². The molecule has 0 N–H and O–H groups in total. The maximum atomic E-state index is 5.91. The lowest BCUT2D eigenvalue weighted by molar-refractivity contribution is 0.283. The van der Waals surface area contributed by atoms with E-state index in [1.807, 2.05) is 19.1 Å². The Balaban J connectivity index is 1.99. The average Bonchev–Trinajstić information content (AvgIpc) is 2.79. The van der Waals surface area contributed by atoms with E-state index >= 15 is 0 Å². The lowest BCUT2D eigenvalue weighted by Crippen LogP contribution is -1.99. The molecular weight excluding hydrogens is 252 g/mol. The molecule has 0 spiro atoms. The van der Waals surface area contributed by atoms with Crippen molar-refractivity contribution in [3.63, 3.8) is 0 Å². The number of halogens is 1. The first-order chi connectivity index (χ1) is 8.69. The summed E-state index contributed by atoms with van der Waals surface area (Å²) >= 11 is 5.91. The van der Waals surface area contributed by atoms with Crippen LogP contribution >= 0.6 is 11.6 Å². The number of aromatic nitrogens is 2. The van der Waals surface area contributed by atoms with Gasteiger partial charge in [-0.2, -0.15) is 4.98 Å². The van der Waals surface area contributed by atoms with E-state index in [9.17, 15) is 0 Å². The minimum atomic E-state index is 0.286. The van der Waals surface area contributed by atoms with Crippen molar-refractivity contribution in [2.24, 2.45) is 0 Å². The van der Waals surface area contributed by atoms with Crippen LogP contribution in [0.5, 0.6) is 5.75 Å². The SMILES string of the molecule is CCCc1nc(COc2cc(Cl)ccc2C)no1. The van der Waals surface area contributed by atoms with Crippen molar-refractivity contribution in [3.8, 4) is 5.75 Å². The van der Waals surface area contributed by atoms with Gasteiger partial charge in [-0.15, -0.1) is 0 Å². The van der Waals surface area contributed by atoms with Crippen molar-refractivity contribution in [1.82, 2.24) is 10.1 Å². The third kappa shape index (κ3) is 3.23. The monoisotopic (exact) mass is 266 g/mol. The van der Waals surface area contributed by atoms with Gasteiger partial charge in [0.2, 0.25) is 11.7 Å². The van der Waals surface area contributed by atoms with Crippen LogP contribution in [0.4, 0.5) is 0 Å². The Morgan fingerprint density at radius 2 is 2.22 bits per heavy atom. The van der Waals surface area contributed by atoms with Crippen molar-refractivity contribution in [3.05, 3.63) is 40.5 Å². The Morgan fingerprint density at radius 3 is 3.00 bits per heavy atom. The molecule has 5 heteroatoms. The van der Waals surface area contributed by atoms with Crippen LogP contribution < -0.4 is 4.74 Å². The van der Waals surface area contributed by atoms with Crippen LogP contribution in [0.25, 0.3) is 0 Å². The fourth-order valence-corrected chi connectivity index (χ4v) is 1.70. The molecule has 0 atom stereocenters. The molecule has 0 aliphatic carbocycles. The van der Waals surface area contributed by atoms with Crippen LogP contribution in [0, 0.1) is 6.92 Å². The van der Waals surface area contributed by atoms with Gasteiger partial charge in [-0.1, -0.05) is 29.7 Å². The molecular formula is C13H15ClN2O2. The maximum absolute atomic E-state index is 5.91. The minimum Gasteiger partial charge on any atom is -0.485 e. The van der Waals surface area contributed by atoms with Crippen molar-refractivity contribution in [2.75, 3.05) is 0 Å². The van der Waals surface area contributed by atoms with Gasteiger partial charge < -0.3 is 9.26 Å². The molecule has 0 saturated carbocycles. The minimum absolute atomic E-state index is 0.286. The lowest BCUT2D eigenvalue weighted by Gasteiger charge is -2.06. The zero-order chi connectivity index (χ0) is 13.0.